The zero-order valence-electron chi connectivity index (χ0n) is 15.8. The molecule has 2 aromatic carbocycles. The van der Waals surface area contributed by atoms with Crippen molar-refractivity contribution in [2.24, 2.45) is 5.41 Å². The Kier molecular flexibility index (Phi) is 6.80. The van der Waals surface area contributed by atoms with Gasteiger partial charge in [-0.1, -0.05) is 48.8 Å². The lowest BCUT2D eigenvalue weighted by Crippen LogP contribution is -2.38. The Hall–Kier alpha value is -2.60. The predicted octanol–water partition coefficient (Wildman–Crippen LogP) is 4.60. The normalized spacial score (nSPS) is 11.7. The minimum Gasteiger partial charge on any atom is -0.497 e. The second-order valence-electron chi connectivity index (χ2n) is 7.00. The predicted molar refractivity (Wildman–Crippen MR) is 111 cm³/mol. The maximum Gasteiger partial charge on any atom is 0.272 e. The van der Waals surface area contributed by atoms with Crippen molar-refractivity contribution in [1.29, 1.82) is 0 Å². The first-order chi connectivity index (χ1) is 12.7. The first-order valence-electron chi connectivity index (χ1n) is 8.43. The van der Waals surface area contributed by atoms with E-state index in [0.29, 0.717) is 11.4 Å². The number of nitrogens with one attached hydrogen (secondary N) is 2. The van der Waals surface area contributed by atoms with Crippen molar-refractivity contribution >= 4 is 39.5 Å². The molecule has 5 nitrogen and oxygen atoms in total. The van der Waals surface area contributed by atoms with Gasteiger partial charge in [0.25, 0.3) is 5.91 Å². The van der Waals surface area contributed by atoms with E-state index >= 15 is 0 Å². The summed E-state index contributed by atoms with van der Waals surface area (Å²) in [5.41, 5.74) is 0.944. The number of rotatable bonds is 5. The molecular weight excluding hydrogens is 408 g/mol. The van der Waals surface area contributed by atoms with Crippen molar-refractivity contribution in [3.63, 3.8) is 0 Å². The Labute approximate surface area is 167 Å². The highest BCUT2D eigenvalue weighted by molar-refractivity contribution is 9.10. The summed E-state index contributed by atoms with van der Waals surface area (Å²) in [6.45, 7) is 5.37. The lowest BCUT2D eigenvalue weighted by molar-refractivity contribution is -0.128. The van der Waals surface area contributed by atoms with Crippen LogP contribution in [0.5, 0.6) is 5.75 Å². The fourth-order valence-corrected chi connectivity index (χ4v) is 2.33. The van der Waals surface area contributed by atoms with Gasteiger partial charge in [-0.25, -0.2) is 0 Å². The number of hydrogen-bond acceptors (Lipinski definition) is 3. The summed E-state index contributed by atoms with van der Waals surface area (Å²) < 4.78 is 6.06. The molecule has 0 spiro atoms. The first-order valence-corrected chi connectivity index (χ1v) is 9.22. The third kappa shape index (κ3) is 6.25. The number of ether oxygens (including phenoxy) is 1. The molecule has 0 radical (unpaired) electrons. The molecule has 0 aliphatic heterocycles. The van der Waals surface area contributed by atoms with Crippen molar-refractivity contribution in [2.75, 3.05) is 12.4 Å². The van der Waals surface area contributed by atoms with Gasteiger partial charge in [-0.3, -0.25) is 9.59 Å². The van der Waals surface area contributed by atoms with Gasteiger partial charge < -0.3 is 15.4 Å². The molecule has 0 saturated carbocycles. The van der Waals surface area contributed by atoms with Crippen molar-refractivity contribution < 1.29 is 14.3 Å². The van der Waals surface area contributed by atoms with Gasteiger partial charge in [0.05, 0.1) is 7.11 Å². The SMILES string of the molecule is COc1ccc(/C=C(/NC(=O)C(C)(C)C)C(=O)Nc2ccc(Br)cc2)cc1. The molecule has 27 heavy (non-hydrogen) atoms. The molecule has 0 aromatic heterocycles. The van der Waals surface area contributed by atoms with E-state index in [4.69, 9.17) is 4.74 Å². The third-order valence-corrected chi connectivity index (χ3v) is 4.23. The molecule has 0 saturated heterocycles. The van der Waals surface area contributed by atoms with Crippen LogP contribution in [0, 0.1) is 5.41 Å². The fraction of sp³-hybridized carbons (Fsp3) is 0.238. The van der Waals surface area contributed by atoms with Crippen LogP contribution in [0.4, 0.5) is 5.69 Å². The Morgan fingerprint density at radius 2 is 1.59 bits per heavy atom. The average Bonchev–Trinajstić information content (AvgIpc) is 2.62. The Balaban J connectivity index is 2.29. The van der Waals surface area contributed by atoms with Crippen LogP contribution < -0.4 is 15.4 Å². The monoisotopic (exact) mass is 430 g/mol. The van der Waals surface area contributed by atoms with Crippen LogP contribution in [0.3, 0.4) is 0 Å². The molecule has 2 aromatic rings. The molecule has 0 bridgehead atoms. The fourth-order valence-electron chi connectivity index (χ4n) is 2.07. The third-order valence-electron chi connectivity index (χ3n) is 3.70. The standard InChI is InChI=1S/C21H23BrN2O3/c1-21(2,3)20(26)24-18(13-14-5-11-17(27-4)12-6-14)19(25)23-16-9-7-15(22)8-10-16/h5-13H,1-4H3,(H,23,25)(H,24,26)/b18-13+. The Morgan fingerprint density at radius 1 is 1.00 bits per heavy atom. The highest BCUT2D eigenvalue weighted by Gasteiger charge is 2.24. The van der Waals surface area contributed by atoms with Gasteiger partial charge in [0, 0.05) is 15.6 Å². The summed E-state index contributed by atoms with van der Waals surface area (Å²) in [7, 11) is 1.59. The summed E-state index contributed by atoms with van der Waals surface area (Å²) in [4.78, 5) is 25.2. The van der Waals surface area contributed by atoms with E-state index in [2.05, 4.69) is 26.6 Å². The van der Waals surface area contributed by atoms with Crippen molar-refractivity contribution in [3.05, 3.63) is 64.3 Å². The van der Waals surface area contributed by atoms with E-state index in [-0.39, 0.29) is 11.6 Å². The Bertz CT molecular complexity index is 835. The van der Waals surface area contributed by atoms with E-state index in [1.165, 1.54) is 0 Å². The molecule has 0 fully saturated rings. The zero-order chi connectivity index (χ0) is 20.0. The van der Waals surface area contributed by atoms with Crippen molar-refractivity contribution in [1.82, 2.24) is 5.32 Å². The van der Waals surface area contributed by atoms with Crippen molar-refractivity contribution in [3.8, 4) is 5.75 Å². The van der Waals surface area contributed by atoms with Crippen molar-refractivity contribution in [2.45, 2.75) is 20.8 Å². The minimum atomic E-state index is -0.628. The summed E-state index contributed by atoms with van der Waals surface area (Å²) >= 11 is 3.36. The van der Waals surface area contributed by atoms with Crippen LogP contribution in [0.25, 0.3) is 6.08 Å². The average molecular weight is 431 g/mol. The summed E-state index contributed by atoms with van der Waals surface area (Å²) in [5, 5.41) is 5.54. The zero-order valence-corrected chi connectivity index (χ0v) is 17.4. The molecule has 0 aliphatic rings. The molecular formula is C21H23BrN2O3. The highest BCUT2D eigenvalue weighted by atomic mass is 79.9. The number of hydrogen-bond donors (Lipinski definition) is 2. The van der Waals surface area contributed by atoms with Crippen LogP contribution in [0.2, 0.25) is 0 Å². The topological polar surface area (TPSA) is 67.4 Å². The summed E-state index contributed by atoms with van der Waals surface area (Å²) in [6, 6.07) is 14.4. The van der Waals surface area contributed by atoms with Crippen LogP contribution in [-0.4, -0.2) is 18.9 Å². The van der Waals surface area contributed by atoms with Crippen LogP contribution in [0.15, 0.2) is 58.7 Å². The number of halogens is 1. The quantitative estimate of drug-likeness (QED) is 0.680. The molecule has 6 heteroatoms. The van der Waals surface area contributed by atoms with Gasteiger partial charge in [0.2, 0.25) is 5.91 Å². The summed E-state index contributed by atoms with van der Waals surface area (Å²) in [6.07, 6.45) is 1.64. The van der Waals surface area contributed by atoms with E-state index in [0.717, 1.165) is 10.0 Å². The van der Waals surface area contributed by atoms with Gasteiger partial charge in [0.15, 0.2) is 0 Å². The number of methoxy groups -OCH3 is 1. The smallest absolute Gasteiger partial charge is 0.272 e. The maximum absolute atomic E-state index is 12.8. The van der Waals surface area contributed by atoms with Gasteiger partial charge in [-0.05, 0) is 48.0 Å². The van der Waals surface area contributed by atoms with Gasteiger partial charge >= 0.3 is 0 Å². The van der Waals surface area contributed by atoms with E-state index in [9.17, 15) is 9.59 Å². The van der Waals surface area contributed by atoms with E-state index in [1.807, 2.05) is 24.3 Å². The highest BCUT2D eigenvalue weighted by Crippen LogP contribution is 2.18. The number of benzene rings is 2. The van der Waals surface area contributed by atoms with Gasteiger partial charge in [-0.2, -0.15) is 0 Å². The number of carbonyl (C=O) groups is 2. The van der Waals surface area contributed by atoms with E-state index < -0.39 is 11.3 Å². The van der Waals surface area contributed by atoms with Gasteiger partial charge in [0.1, 0.15) is 11.4 Å². The molecule has 0 aliphatic carbocycles. The van der Waals surface area contributed by atoms with Crippen LogP contribution in [0.1, 0.15) is 26.3 Å². The summed E-state index contributed by atoms with van der Waals surface area (Å²) in [5.74, 6) is 0.0747. The molecule has 2 amide bonds. The lowest BCUT2D eigenvalue weighted by Gasteiger charge is -2.19. The largest absolute Gasteiger partial charge is 0.497 e. The number of amides is 2. The number of anilines is 1. The molecule has 2 N–H and O–H groups in total. The van der Waals surface area contributed by atoms with E-state index in [1.54, 1.807) is 58.2 Å². The molecule has 0 atom stereocenters. The van der Waals surface area contributed by atoms with Crippen LogP contribution >= 0.6 is 15.9 Å². The molecule has 0 unspecified atom stereocenters. The van der Waals surface area contributed by atoms with Crippen LogP contribution in [-0.2, 0) is 9.59 Å². The van der Waals surface area contributed by atoms with Gasteiger partial charge in [-0.15, -0.1) is 0 Å². The second-order valence-corrected chi connectivity index (χ2v) is 7.91. The lowest BCUT2D eigenvalue weighted by atomic mass is 9.95. The second kappa shape index (κ2) is 8.86. The Morgan fingerprint density at radius 3 is 2.11 bits per heavy atom. The molecule has 142 valence electrons. The maximum atomic E-state index is 12.8. The minimum absolute atomic E-state index is 0.169. The molecule has 2 rings (SSSR count). The first kappa shape index (κ1) is 20.7. The molecule has 0 heterocycles. The number of carbonyl (C=O) groups excluding carboxylic acids is 2.